The maximum atomic E-state index is 12.4. The van der Waals surface area contributed by atoms with Gasteiger partial charge < -0.3 is 14.6 Å². The Morgan fingerprint density at radius 1 is 1.32 bits per heavy atom. The molecular formula is C18H26F3NO5S. The molecular weight excluding hydrogens is 399 g/mol. The Morgan fingerprint density at radius 3 is 2.54 bits per heavy atom. The summed E-state index contributed by atoms with van der Waals surface area (Å²) in [6.45, 7) is 4.67. The lowest BCUT2D eigenvalue weighted by Crippen LogP contribution is -2.54. The predicted molar refractivity (Wildman–Crippen MR) is 97.9 cm³/mol. The second kappa shape index (κ2) is 8.08. The van der Waals surface area contributed by atoms with E-state index in [0.717, 1.165) is 4.31 Å². The van der Waals surface area contributed by atoms with Crippen LogP contribution in [0.1, 0.15) is 45.2 Å². The first-order chi connectivity index (χ1) is 12.8. The number of sulfonamides is 1. The zero-order valence-electron chi connectivity index (χ0n) is 16.3. The minimum Gasteiger partial charge on any atom is -0.494 e. The van der Waals surface area contributed by atoms with Gasteiger partial charge in [0.2, 0.25) is 10.0 Å². The summed E-state index contributed by atoms with van der Waals surface area (Å²) in [6, 6.07) is 3.71. The van der Waals surface area contributed by atoms with Gasteiger partial charge in [-0.1, -0.05) is 0 Å². The summed E-state index contributed by atoms with van der Waals surface area (Å²) >= 11 is 0. The Balaban J connectivity index is 2.31. The highest BCUT2D eigenvalue weighted by atomic mass is 32.2. The molecule has 28 heavy (non-hydrogen) atoms. The quantitative estimate of drug-likeness (QED) is 0.679. The van der Waals surface area contributed by atoms with Gasteiger partial charge in [0, 0.05) is 19.0 Å². The van der Waals surface area contributed by atoms with E-state index < -0.39 is 40.4 Å². The molecule has 0 aliphatic carbocycles. The van der Waals surface area contributed by atoms with E-state index in [1.807, 2.05) is 0 Å². The van der Waals surface area contributed by atoms with Gasteiger partial charge in [0.25, 0.3) is 0 Å². The molecule has 1 aromatic carbocycles. The summed E-state index contributed by atoms with van der Waals surface area (Å²) < 4.78 is 73.8. The van der Waals surface area contributed by atoms with Gasteiger partial charge in [-0.25, -0.2) is 8.42 Å². The molecule has 10 heteroatoms. The molecule has 1 N–H and O–H groups in total. The Labute approximate surface area is 163 Å². The molecule has 1 aromatic rings. The van der Waals surface area contributed by atoms with E-state index >= 15 is 0 Å². The van der Waals surface area contributed by atoms with E-state index in [2.05, 4.69) is 0 Å². The summed E-state index contributed by atoms with van der Waals surface area (Å²) in [5, 5.41) is 10.8. The van der Waals surface area contributed by atoms with Crippen molar-refractivity contribution in [3.05, 3.63) is 23.8 Å². The molecule has 1 aliphatic rings. The lowest BCUT2D eigenvalue weighted by Gasteiger charge is -2.44. The van der Waals surface area contributed by atoms with Gasteiger partial charge in [-0.3, -0.25) is 0 Å². The van der Waals surface area contributed by atoms with Gasteiger partial charge in [0.15, 0.2) is 0 Å². The maximum Gasteiger partial charge on any atom is 0.389 e. The minimum atomic E-state index is -4.24. The van der Waals surface area contributed by atoms with Crippen LogP contribution in [-0.4, -0.2) is 55.1 Å². The molecule has 1 aliphatic heterocycles. The fraction of sp³-hybridized carbons (Fsp3) is 0.667. The number of aliphatic hydroxyl groups excluding tert-OH is 1. The van der Waals surface area contributed by atoms with Crippen LogP contribution in [-0.2, 0) is 10.0 Å². The molecule has 0 saturated carbocycles. The molecule has 2 rings (SSSR count). The Morgan fingerprint density at radius 2 is 1.96 bits per heavy atom. The molecule has 2 atom stereocenters. The average Bonchev–Trinajstić information content (AvgIpc) is 2.58. The summed E-state index contributed by atoms with van der Waals surface area (Å²) in [7, 11) is -2.24. The number of hydrogen-bond acceptors (Lipinski definition) is 5. The van der Waals surface area contributed by atoms with Crippen LogP contribution in [0, 0.1) is 0 Å². The van der Waals surface area contributed by atoms with E-state index in [1.165, 1.54) is 20.0 Å². The average molecular weight is 425 g/mol. The Hall–Kier alpha value is -1.52. The van der Waals surface area contributed by atoms with Crippen LogP contribution in [0.15, 0.2) is 18.2 Å². The third-order valence-corrected chi connectivity index (χ3v) is 6.59. The van der Waals surface area contributed by atoms with Gasteiger partial charge in [-0.15, -0.1) is 0 Å². The van der Waals surface area contributed by atoms with Gasteiger partial charge in [0.1, 0.15) is 23.2 Å². The number of rotatable bonds is 7. The monoisotopic (exact) mass is 425 g/mol. The van der Waals surface area contributed by atoms with Crippen molar-refractivity contribution in [1.29, 1.82) is 0 Å². The summed E-state index contributed by atoms with van der Waals surface area (Å²) in [5.41, 5.74) is -0.635. The van der Waals surface area contributed by atoms with Crippen molar-refractivity contribution in [2.75, 3.05) is 19.4 Å². The smallest absolute Gasteiger partial charge is 0.389 e. The fourth-order valence-electron chi connectivity index (χ4n) is 3.07. The largest absolute Gasteiger partial charge is 0.494 e. The molecule has 1 heterocycles. The lowest BCUT2D eigenvalue weighted by molar-refractivity contribution is -0.136. The number of fused-ring (bicyclic) bond motifs is 1. The molecule has 0 aromatic heterocycles. The van der Waals surface area contributed by atoms with Crippen molar-refractivity contribution in [2.45, 2.75) is 57.5 Å². The SMILES string of the molecule is CCS(=O)(=O)N(C)[C@H]1c2cc(OCCCC(F)(F)F)ccc2OC(C)(C)[C@@H]1O. The first-order valence-corrected chi connectivity index (χ1v) is 10.6. The van der Waals surface area contributed by atoms with E-state index in [9.17, 15) is 26.7 Å². The number of hydrogen-bond donors (Lipinski definition) is 1. The van der Waals surface area contributed by atoms with Crippen molar-refractivity contribution in [2.24, 2.45) is 0 Å². The lowest BCUT2D eigenvalue weighted by atomic mass is 9.86. The maximum absolute atomic E-state index is 12.4. The minimum absolute atomic E-state index is 0.138. The number of halogens is 3. The number of likely N-dealkylation sites (N-methyl/N-ethyl adjacent to an activating group) is 1. The molecule has 6 nitrogen and oxygen atoms in total. The highest BCUT2D eigenvalue weighted by Crippen LogP contribution is 2.44. The van der Waals surface area contributed by atoms with Crippen LogP contribution in [0.25, 0.3) is 0 Å². The summed E-state index contributed by atoms with van der Waals surface area (Å²) in [5.74, 6) is 0.529. The number of ether oxygens (including phenoxy) is 2. The van der Waals surface area contributed by atoms with Crippen molar-refractivity contribution < 1.29 is 36.2 Å². The van der Waals surface area contributed by atoms with Crippen LogP contribution in [0.2, 0.25) is 0 Å². The van der Waals surface area contributed by atoms with Crippen molar-refractivity contribution >= 4 is 10.0 Å². The van der Waals surface area contributed by atoms with E-state index in [0.29, 0.717) is 11.3 Å². The predicted octanol–water partition coefficient (Wildman–Crippen LogP) is 3.26. The van der Waals surface area contributed by atoms with Gasteiger partial charge in [-0.2, -0.15) is 17.5 Å². The third kappa shape index (κ3) is 5.09. The Kier molecular flexibility index (Phi) is 6.57. The third-order valence-electron chi connectivity index (χ3n) is 4.75. The van der Waals surface area contributed by atoms with Crippen LogP contribution in [0.3, 0.4) is 0 Å². The highest BCUT2D eigenvalue weighted by molar-refractivity contribution is 7.89. The van der Waals surface area contributed by atoms with Gasteiger partial charge >= 0.3 is 6.18 Å². The van der Waals surface area contributed by atoms with Crippen molar-refractivity contribution in [3.63, 3.8) is 0 Å². The fourth-order valence-corrected chi connectivity index (χ4v) is 4.05. The summed E-state index contributed by atoms with van der Waals surface area (Å²) in [6.07, 6.45) is -6.55. The number of benzene rings is 1. The molecule has 0 amide bonds. The highest BCUT2D eigenvalue weighted by Gasteiger charge is 2.47. The topological polar surface area (TPSA) is 76.1 Å². The van der Waals surface area contributed by atoms with Crippen LogP contribution in [0.4, 0.5) is 13.2 Å². The Bertz CT molecular complexity index is 795. The molecule has 0 radical (unpaired) electrons. The van der Waals surface area contributed by atoms with E-state index in [-0.39, 0.29) is 24.5 Å². The molecule has 160 valence electrons. The first-order valence-electron chi connectivity index (χ1n) is 8.95. The normalized spacial score (nSPS) is 21.9. The molecule has 0 fully saturated rings. The zero-order valence-corrected chi connectivity index (χ0v) is 17.1. The van der Waals surface area contributed by atoms with Crippen LogP contribution >= 0.6 is 0 Å². The number of alkyl halides is 3. The van der Waals surface area contributed by atoms with Gasteiger partial charge in [-0.05, 0) is 45.4 Å². The first kappa shape index (κ1) is 22.8. The zero-order chi connectivity index (χ0) is 21.3. The molecule has 0 spiro atoms. The van der Waals surface area contributed by atoms with E-state index in [4.69, 9.17) is 9.47 Å². The molecule has 0 saturated heterocycles. The van der Waals surface area contributed by atoms with Gasteiger partial charge in [0.05, 0.1) is 18.4 Å². The van der Waals surface area contributed by atoms with Crippen molar-refractivity contribution in [1.82, 2.24) is 4.31 Å². The molecule has 0 unspecified atom stereocenters. The number of nitrogens with zero attached hydrogens (tertiary/aromatic N) is 1. The molecule has 0 bridgehead atoms. The second-order valence-electron chi connectivity index (χ2n) is 7.28. The van der Waals surface area contributed by atoms with Crippen LogP contribution < -0.4 is 9.47 Å². The number of aliphatic hydroxyl groups is 1. The van der Waals surface area contributed by atoms with Crippen molar-refractivity contribution in [3.8, 4) is 11.5 Å². The summed E-state index contributed by atoms with van der Waals surface area (Å²) in [4.78, 5) is 0. The van der Waals surface area contributed by atoms with E-state index in [1.54, 1.807) is 26.0 Å². The van der Waals surface area contributed by atoms with Crippen LogP contribution in [0.5, 0.6) is 11.5 Å². The standard InChI is InChI=1S/C18H26F3NO5S/c1-5-28(24,25)22(4)15-13-11-12(26-10-6-9-18(19,20)21)7-8-14(13)27-17(2,3)16(15)23/h7-8,11,15-16,23H,5-6,9-10H2,1-4H3/t15-,16+/m0/s1. The second-order valence-corrected chi connectivity index (χ2v) is 9.60.